The van der Waals surface area contributed by atoms with Gasteiger partial charge >= 0.3 is 0 Å². The molecule has 0 aromatic rings. The van der Waals surface area contributed by atoms with Crippen LogP contribution in [0.4, 0.5) is 0 Å². The van der Waals surface area contributed by atoms with Crippen molar-refractivity contribution >= 4 is 34.0 Å². The largest absolute Gasteiger partial charge is 0.458 e. The van der Waals surface area contributed by atoms with Gasteiger partial charge in [-0.2, -0.15) is 0 Å². The quantitative estimate of drug-likeness (QED) is 0.114. The first-order valence-electron chi connectivity index (χ1n) is 13.6. The Kier molecular flexibility index (Phi) is 25.5. The van der Waals surface area contributed by atoms with Gasteiger partial charge in [0.05, 0.1) is 0 Å². The summed E-state index contributed by atoms with van der Waals surface area (Å²) >= 11 is 0. The molecule has 0 N–H and O–H groups in total. The Labute approximate surface area is 210 Å². The molecular formula is C26H64O2Si4. The topological polar surface area (TPSA) is 18.5 Å². The SMILES string of the molecule is C=CCCCCCC.CCCCCCCC[Si](C)(C)O[Si](C)(C)C.C[SiH](C)O[Si](C)(C)C. The Bertz CT molecular complexity index is 400. The Balaban J connectivity index is -0.000000441. The van der Waals surface area contributed by atoms with Gasteiger partial charge in [0.15, 0.2) is 34.0 Å². The first kappa shape index (κ1) is 37.1. The molecule has 0 bridgehead atoms. The highest BCUT2D eigenvalue weighted by atomic mass is 28.4. The summed E-state index contributed by atoms with van der Waals surface area (Å²) in [4.78, 5) is 0. The molecule has 0 unspecified atom stereocenters. The summed E-state index contributed by atoms with van der Waals surface area (Å²) in [7, 11) is -4.55. The third kappa shape index (κ3) is 40.8. The third-order valence-corrected chi connectivity index (χ3v) is 15.5. The lowest BCUT2D eigenvalue weighted by molar-refractivity contribution is 0.536. The second kappa shape index (κ2) is 22.0. The zero-order valence-electron chi connectivity index (χ0n) is 24.7. The van der Waals surface area contributed by atoms with Crippen LogP contribution in [0.5, 0.6) is 0 Å². The van der Waals surface area contributed by atoms with Gasteiger partial charge in [-0.1, -0.05) is 77.7 Å². The zero-order valence-corrected chi connectivity index (χ0v) is 28.8. The molecule has 0 spiro atoms. The fraction of sp³-hybridized carbons (Fsp3) is 0.923. The van der Waals surface area contributed by atoms with Crippen molar-refractivity contribution in [3.8, 4) is 0 Å². The number of unbranched alkanes of at least 4 members (excludes halogenated alkanes) is 9. The van der Waals surface area contributed by atoms with Gasteiger partial charge in [0.2, 0.25) is 0 Å². The molecule has 2 nitrogen and oxygen atoms in total. The van der Waals surface area contributed by atoms with Crippen molar-refractivity contribution in [2.75, 3.05) is 0 Å². The van der Waals surface area contributed by atoms with Crippen molar-refractivity contribution < 1.29 is 8.23 Å². The van der Waals surface area contributed by atoms with Crippen LogP contribution in [-0.2, 0) is 8.23 Å². The lowest BCUT2D eigenvalue weighted by Gasteiger charge is -2.31. The molecule has 0 aliphatic rings. The Morgan fingerprint density at radius 3 is 1.44 bits per heavy atom. The highest BCUT2D eigenvalue weighted by Crippen LogP contribution is 2.21. The maximum Gasteiger partial charge on any atom is 0.173 e. The second-order valence-electron chi connectivity index (χ2n) is 11.9. The molecule has 0 aliphatic heterocycles. The van der Waals surface area contributed by atoms with Gasteiger partial charge in [0.1, 0.15) is 0 Å². The molecule has 0 saturated heterocycles. The third-order valence-electron chi connectivity index (χ3n) is 4.57. The number of hydrogen-bond acceptors (Lipinski definition) is 2. The minimum atomic E-state index is -1.35. The Morgan fingerprint density at radius 2 is 1.09 bits per heavy atom. The van der Waals surface area contributed by atoms with E-state index in [1.807, 2.05) is 6.08 Å². The Morgan fingerprint density at radius 1 is 0.656 bits per heavy atom. The summed E-state index contributed by atoms with van der Waals surface area (Å²) in [6, 6.07) is 1.35. The average molecular weight is 521 g/mol. The molecule has 0 amide bonds. The molecule has 0 fully saturated rings. The highest BCUT2D eigenvalue weighted by molar-refractivity contribution is 6.84. The summed E-state index contributed by atoms with van der Waals surface area (Å²) < 4.78 is 12.0. The van der Waals surface area contributed by atoms with Crippen LogP contribution < -0.4 is 0 Å². The fourth-order valence-corrected chi connectivity index (χ4v) is 17.4. The van der Waals surface area contributed by atoms with Crippen LogP contribution in [0.3, 0.4) is 0 Å². The van der Waals surface area contributed by atoms with Crippen molar-refractivity contribution in [2.45, 2.75) is 156 Å². The summed E-state index contributed by atoms with van der Waals surface area (Å²) in [6.45, 7) is 31.0. The minimum absolute atomic E-state index is 0.734. The van der Waals surface area contributed by atoms with E-state index in [1.165, 1.54) is 76.7 Å². The van der Waals surface area contributed by atoms with Crippen LogP contribution in [0.15, 0.2) is 12.7 Å². The maximum absolute atomic E-state index is 6.33. The molecule has 0 radical (unpaired) electrons. The van der Waals surface area contributed by atoms with Crippen LogP contribution >= 0.6 is 0 Å². The molecule has 0 rings (SSSR count). The van der Waals surface area contributed by atoms with Gasteiger partial charge in [0.25, 0.3) is 0 Å². The van der Waals surface area contributed by atoms with Crippen molar-refractivity contribution in [1.29, 1.82) is 0 Å². The number of allylic oxidation sites excluding steroid dienone is 1. The predicted octanol–water partition coefficient (Wildman–Crippen LogP) is 10.4. The average Bonchev–Trinajstić information content (AvgIpc) is 2.59. The van der Waals surface area contributed by atoms with Gasteiger partial charge < -0.3 is 8.23 Å². The van der Waals surface area contributed by atoms with Crippen LogP contribution in [0.2, 0.25) is 71.5 Å². The maximum atomic E-state index is 6.33. The smallest absolute Gasteiger partial charge is 0.173 e. The van der Waals surface area contributed by atoms with Crippen molar-refractivity contribution in [3.05, 3.63) is 12.7 Å². The standard InChI is InChI=1S/C13H32OSi2.C8H16.C5H16OSi2/c1-7-8-9-10-11-12-13-16(5,6)14-15(2,3)4;1-3-5-7-8-6-4-2;1-7(2)6-8(3,4)5/h7-13H2,1-6H3;3H,1,4-8H2,2H3;7H,1-5H3. The summed E-state index contributed by atoms with van der Waals surface area (Å²) in [5.41, 5.74) is 0. The summed E-state index contributed by atoms with van der Waals surface area (Å²) in [5, 5.41) is 0. The van der Waals surface area contributed by atoms with Crippen molar-refractivity contribution in [3.63, 3.8) is 0 Å². The van der Waals surface area contributed by atoms with E-state index in [9.17, 15) is 0 Å². The van der Waals surface area contributed by atoms with Crippen LogP contribution in [0.25, 0.3) is 0 Å². The second-order valence-corrected chi connectivity index (χ2v) is 28.2. The predicted molar refractivity (Wildman–Crippen MR) is 162 cm³/mol. The van der Waals surface area contributed by atoms with Gasteiger partial charge in [0, 0.05) is 0 Å². The molecule has 32 heavy (non-hydrogen) atoms. The summed E-state index contributed by atoms with van der Waals surface area (Å²) in [6.07, 6.45) is 17.0. The fourth-order valence-electron chi connectivity index (χ4n) is 3.63. The summed E-state index contributed by atoms with van der Waals surface area (Å²) in [5.74, 6) is 0. The lowest BCUT2D eigenvalue weighted by atomic mass is 10.1. The van der Waals surface area contributed by atoms with E-state index in [0.29, 0.717) is 0 Å². The Hall–Kier alpha value is 0.528. The first-order chi connectivity index (χ1) is 14.6. The van der Waals surface area contributed by atoms with E-state index >= 15 is 0 Å². The van der Waals surface area contributed by atoms with Gasteiger partial charge in [-0.3, -0.25) is 0 Å². The molecule has 6 heteroatoms. The number of hydrogen-bond donors (Lipinski definition) is 0. The zero-order chi connectivity index (χ0) is 25.7. The molecule has 0 aromatic heterocycles. The van der Waals surface area contributed by atoms with E-state index in [0.717, 1.165) is 0 Å². The molecule has 0 heterocycles. The van der Waals surface area contributed by atoms with E-state index in [1.54, 1.807) is 0 Å². The van der Waals surface area contributed by atoms with E-state index in [-0.39, 0.29) is 0 Å². The highest BCUT2D eigenvalue weighted by Gasteiger charge is 2.28. The monoisotopic (exact) mass is 520 g/mol. The molecular weight excluding hydrogens is 457 g/mol. The van der Waals surface area contributed by atoms with Gasteiger partial charge in [-0.05, 0) is 84.4 Å². The van der Waals surface area contributed by atoms with Crippen LogP contribution in [0, 0.1) is 0 Å². The van der Waals surface area contributed by atoms with E-state index < -0.39 is 34.0 Å². The normalized spacial score (nSPS) is 12.0. The molecule has 0 aromatic carbocycles. The number of rotatable bonds is 16. The van der Waals surface area contributed by atoms with E-state index in [4.69, 9.17) is 8.23 Å². The van der Waals surface area contributed by atoms with Crippen molar-refractivity contribution in [1.82, 2.24) is 0 Å². The van der Waals surface area contributed by atoms with Crippen molar-refractivity contribution in [2.24, 2.45) is 0 Å². The molecule has 196 valence electrons. The van der Waals surface area contributed by atoms with Crippen LogP contribution in [0.1, 0.15) is 84.5 Å². The van der Waals surface area contributed by atoms with Gasteiger partial charge in [-0.25, -0.2) is 0 Å². The minimum Gasteiger partial charge on any atom is -0.458 e. The van der Waals surface area contributed by atoms with Crippen LogP contribution in [-0.4, -0.2) is 34.0 Å². The van der Waals surface area contributed by atoms with Gasteiger partial charge in [-0.15, -0.1) is 6.58 Å². The molecule has 0 aliphatic carbocycles. The van der Waals surface area contributed by atoms with E-state index in [2.05, 4.69) is 85.9 Å². The molecule has 0 atom stereocenters. The first-order valence-corrected chi connectivity index (χ1v) is 26.3. The lowest BCUT2D eigenvalue weighted by Crippen LogP contribution is -2.42. The molecule has 0 saturated carbocycles.